The lowest BCUT2D eigenvalue weighted by molar-refractivity contribution is 0.108. The number of carbonyl (C=O) groups excluding carboxylic acids is 1. The maximum absolute atomic E-state index is 12.0. The van der Waals surface area contributed by atoms with Crippen LogP contribution < -0.4 is 4.74 Å². The molecule has 0 aromatic heterocycles. The molecule has 1 aromatic rings. The van der Waals surface area contributed by atoms with Crippen molar-refractivity contribution in [1.82, 2.24) is 0 Å². The molecule has 0 N–H and O–H groups in total. The Balaban J connectivity index is 3.16. The van der Waals surface area contributed by atoms with E-state index < -0.39 is 6.67 Å². The van der Waals surface area contributed by atoms with E-state index in [9.17, 15) is 9.18 Å². The van der Waals surface area contributed by atoms with Crippen LogP contribution in [0.15, 0.2) is 16.6 Å². The van der Waals surface area contributed by atoms with Gasteiger partial charge < -0.3 is 4.74 Å². The fourth-order valence-electron chi connectivity index (χ4n) is 1.16. The zero-order chi connectivity index (χ0) is 11.4. The van der Waals surface area contributed by atoms with E-state index in [2.05, 4.69) is 28.6 Å². The van der Waals surface area contributed by atoms with Crippen molar-refractivity contribution in [3.05, 3.63) is 27.7 Å². The summed E-state index contributed by atoms with van der Waals surface area (Å²) in [6.07, 6.45) is 0. The molecule has 0 heterocycles. The predicted molar refractivity (Wildman–Crippen MR) is 63.7 cm³/mol. The van der Waals surface area contributed by atoms with Crippen LogP contribution in [0.25, 0.3) is 0 Å². The highest BCUT2D eigenvalue weighted by Crippen LogP contribution is 2.30. The number of halogens is 2. The summed E-state index contributed by atoms with van der Waals surface area (Å²) in [6.45, 7) is 1.13. The minimum atomic E-state index is -0.591. The minimum Gasteiger partial charge on any atom is -0.490 e. The maximum atomic E-state index is 12.0. The third kappa shape index (κ3) is 2.95. The van der Waals surface area contributed by atoms with Crippen molar-refractivity contribution >= 4 is 33.7 Å². The molecular weight excluding hydrogens is 283 g/mol. The van der Waals surface area contributed by atoms with Crippen LogP contribution in [0, 0.1) is 6.92 Å². The molecule has 1 aromatic carbocycles. The monoisotopic (exact) mass is 292 g/mol. The quantitative estimate of drug-likeness (QED) is 0.863. The Morgan fingerprint density at radius 1 is 1.60 bits per heavy atom. The smallest absolute Gasteiger partial charge is 0.220 e. The first-order valence-corrected chi connectivity index (χ1v) is 5.53. The Kier molecular flexibility index (Phi) is 4.60. The van der Waals surface area contributed by atoms with Gasteiger partial charge in [-0.3, -0.25) is 4.79 Å². The summed E-state index contributed by atoms with van der Waals surface area (Å²) >= 11 is 7.04. The van der Waals surface area contributed by atoms with Gasteiger partial charge in [-0.15, -0.1) is 12.6 Å². The van der Waals surface area contributed by atoms with Gasteiger partial charge in [0.2, 0.25) is 5.12 Å². The topological polar surface area (TPSA) is 26.3 Å². The average molecular weight is 293 g/mol. The van der Waals surface area contributed by atoms with Gasteiger partial charge in [0.25, 0.3) is 0 Å². The molecule has 2 nitrogen and oxygen atoms in total. The second-order valence-corrected chi connectivity index (χ2v) is 4.15. The van der Waals surface area contributed by atoms with E-state index in [1.165, 1.54) is 0 Å². The molecule has 0 bridgehead atoms. The SMILES string of the molecule is Cc1c(Br)ccc(C(=O)S)c1OCCF. The van der Waals surface area contributed by atoms with Crippen molar-refractivity contribution in [2.45, 2.75) is 6.92 Å². The highest BCUT2D eigenvalue weighted by Gasteiger charge is 2.13. The second-order valence-electron chi connectivity index (χ2n) is 2.89. The molecule has 0 fully saturated rings. The second kappa shape index (κ2) is 5.51. The van der Waals surface area contributed by atoms with E-state index in [1.54, 1.807) is 19.1 Å². The number of benzene rings is 1. The van der Waals surface area contributed by atoms with E-state index >= 15 is 0 Å². The summed E-state index contributed by atoms with van der Waals surface area (Å²) in [6, 6.07) is 3.33. The van der Waals surface area contributed by atoms with Crippen LogP contribution in [0.1, 0.15) is 15.9 Å². The molecular formula is C10H10BrFO2S. The normalized spacial score (nSPS) is 10.1. The first kappa shape index (κ1) is 12.5. The van der Waals surface area contributed by atoms with Gasteiger partial charge in [0.05, 0.1) is 5.56 Å². The first-order valence-electron chi connectivity index (χ1n) is 4.29. The minimum absolute atomic E-state index is 0.0641. The largest absolute Gasteiger partial charge is 0.490 e. The van der Waals surface area contributed by atoms with Crippen molar-refractivity contribution in [3.63, 3.8) is 0 Å². The van der Waals surface area contributed by atoms with Crippen LogP contribution in [0.5, 0.6) is 5.75 Å². The molecule has 0 saturated carbocycles. The van der Waals surface area contributed by atoms with Gasteiger partial charge in [0, 0.05) is 10.0 Å². The zero-order valence-corrected chi connectivity index (χ0v) is 10.6. The van der Waals surface area contributed by atoms with Gasteiger partial charge in [0.1, 0.15) is 19.0 Å². The zero-order valence-electron chi connectivity index (χ0n) is 8.09. The van der Waals surface area contributed by atoms with Crippen molar-refractivity contribution < 1.29 is 13.9 Å². The van der Waals surface area contributed by atoms with Gasteiger partial charge in [-0.1, -0.05) is 15.9 Å². The maximum Gasteiger partial charge on any atom is 0.220 e. The van der Waals surface area contributed by atoms with Crippen LogP contribution in [0.2, 0.25) is 0 Å². The average Bonchev–Trinajstić information content (AvgIpc) is 2.19. The van der Waals surface area contributed by atoms with Crippen LogP contribution in [-0.2, 0) is 0 Å². The third-order valence-electron chi connectivity index (χ3n) is 1.89. The summed E-state index contributed by atoms with van der Waals surface area (Å²) < 4.78 is 18.0. The summed E-state index contributed by atoms with van der Waals surface area (Å²) in [7, 11) is 0. The molecule has 0 aliphatic rings. The molecule has 0 radical (unpaired) electrons. The molecule has 0 unspecified atom stereocenters. The van der Waals surface area contributed by atoms with Crippen LogP contribution in [-0.4, -0.2) is 18.4 Å². The summed E-state index contributed by atoms with van der Waals surface area (Å²) in [5, 5.41) is -0.389. The summed E-state index contributed by atoms with van der Waals surface area (Å²) in [4.78, 5) is 11.2. The molecule has 82 valence electrons. The molecule has 5 heteroatoms. The van der Waals surface area contributed by atoms with E-state index in [0.717, 1.165) is 10.0 Å². The Labute approximate surface area is 101 Å². The van der Waals surface area contributed by atoms with Gasteiger partial charge >= 0.3 is 0 Å². The van der Waals surface area contributed by atoms with Crippen molar-refractivity contribution in [2.75, 3.05) is 13.3 Å². The van der Waals surface area contributed by atoms with E-state index in [1.807, 2.05) is 0 Å². The van der Waals surface area contributed by atoms with E-state index in [-0.39, 0.29) is 11.7 Å². The van der Waals surface area contributed by atoms with Crippen molar-refractivity contribution in [2.24, 2.45) is 0 Å². The van der Waals surface area contributed by atoms with Gasteiger partial charge in [-0.25, -0.2) is 4.39 Å². The Bertz CT molecular complexity index is 382. The standard InChI is InChI=1S/C10H10BrFO2S/c1-6-8(11)3-2-7(10(13)15)9(6)14-5-4-12/h2-3H,4-5H2,1H3,(H,13,15). The molecule has 0 saturated heterocycles. The molecule has 0 aliphatic heterocycles. The molecule has 0 aliphatic carbocycles. The van der Waals surface area contributed by atoms with Gasteiger partial charge in [0.15, 0.2) is 0 Å². The number of alkyl halides is 1. The number of hydrogen-bond acceptors (Lipinski definition) is 2. The lowest BCUT2D eigenvalue weighted by Gasteiger charge is -2.12. The van der Waals surface area contributed by atoms with Crippen LogP contribution in [0.3, 0.4) is 0 Å². The number of carbonyl (C=O) groups is 1. The van der Waals surface area contributed by atoms with Crippen molar-refractivity contribution in [1.29, 1.82) is 0 Å². The molecule has 1 rings (SSSR count). The predicted octanol–water partition coefficient (Wildman–Crippen LogP) is 3.18. The molecule has 0 atom stereocenters. The highest BCUT2D eigenvalue weighted by molar-refractivity contribution is 9.10. The van der Waals surface area contributed by atoms with E-state index in [0.29, 0.717) is 11.3 Å². The Morgan fingerprint density at radius 3 is 2.80 bits per heavy atom. The summed E-state index contributed by atoms with van der Waals surface area (Å²) in [5.74, 6) is 0.391. The lowest BCUT2D eigenvalue weighted by Crippen LogP contribution is -2.05. The lowest BCUT2D eigenvalue weighted by atomic mass is 10.1. The van der Waals surface area contributed by atoms with E-state index in [4.69, 9.17) is 4.74 Å². The molecule has 15 heavy (non-hydrogen) atoms. The number of ether oxygens (including phenoxy) is 1. The molecule has 0 amide bonds. The van der Waals surface area contributed by atoms with Crippen LogP contribution >= 0.6 is 28.6 Å². The first-order chi connectivity index (χ1) is 7.07. The fraction of sp³-hybridized carbons (Fsp3) is 0.300. The molecule has 0 spiro atoms. The van der Waals surface area contributed by atoms with Gasteiger partial charge in [-0.2, -0.15) is 0 Å². The highest BCUT2D eigenvalue weighted by atomic mass is 79.9. The number of rotatable bonds is 4. The Hall–Kier alpha value is -0.550. The number of thiol groups is 1. The van der Waals surface area contributed by atoms with Gasteiger partial charge in [-0.05, 0) is 19.1 Å². The Morgan fingerprint density at radius 2 is 2.27 bits per heavy atom. The third-order valence-corrected chi connectivity index (χ3v) is 2.99. The van der Waals surface area contributed by atoms with Crippen LogP contribution in [0.4, 0.5) is 4.39 Å². The van der Waals surface area contributed by atoms with Crippen molar-refractivity contribution in [3.8, 4) is 5.75 Å². The number of hydrogen-bond donors (Lipinski definition) is 1. The summed E-state index contributed by atoms with van der Waals surface area (Å²) in [5.41, 5.74) is 1.12. The fourth-order valence-corrected chi connectivity index (χ4v) is 1.65.